The molecule has 8 rings (SSSR count). The molecule has 2 fully saturated rings. The molecule has 4 aromatic carbocycles. The van der Waals surface area contributed by atoms with Crippen LogP contribution in [0.15, 0.2) is 102 Å². The number of carbonyl (C=O) groups is 1. The van der Waals surface area contributed by atoms with Crippen molar-refractivity contribution in [3.05, 3.63) is 118 Å². The number of H-pyrrole nitrogens is 1. The van der Waals surface area contributed by atoms with Crippen LogP contribution in [0.2, 0.25) is 5.02 Å². The highest BCUT2D eigenvalue weighted by Gasteiger charge is 2.26. The van der Waals surface area contributed by atoms with E-state index in [0.717, 1.165) is 104 Å². The van der Waals surface area contributed by atoms with Gasteiger partial charge in [-0.1, -0.05) is 48.2 Å². The summed E-state index contributed by atoms with van der Waals surface area (Å²) in [5.41, 5.74) is 7.94. The number of rotatable bonds is 11. The zero-order valence-corrected chi connectivity index (χ0v) is 35.7. The van der Waals surface area contributed by atoms with E-state index in [1.54, 1.807) is 24.3 Å². The lowest BCUT2D eigenvalue weighted by Gasteiger charge is -2.37. The van der Waals surface area contributed by atoms with Crippen LogP contribution in [0, 0.1) is 6.92 Å². The van der Waals surface area contributed by atoms with Gasteiger partial charge in [0.05, 0.1) is 10.5 Å². The van der Waals surface area contributed by atoms with Gasteiger partial charge in [0.25, 0.3) is 15.9 Å². The van der Waals surface area contributed by atoms with Crippen LogP contribution in [-0.2, 0) is 10.0 Å². The minimum Gasteiger partial charge on any atom is -0.456 e. The van der Waals surface area contributed by atoms with E-state index < -0.39 is 15.9 Å². The van der Waals surface area contributed by atoms with Crippen LogP contribution in [0.1, 0.15) is 72.9 Å². The van der Waals surface area contributed by atoms with E-state index in [2.05, 4.69) is 48.9 Å². The van der Waals surface area contributed by atoms with Crippen LogP contribution in [0.25, 0.3) is 16.5 Å². The van der Waals surface area contributed by atoms with E-state index in [4.69, 9.17) is 16.3 Å². The monoisotopic (exact) mass is 834 g/mol. The maximum atomic E-state index is 14.0. The molecule has 310 valence electrons. The van der Waals surface area contributed by atoms with Crippen molar-refractivity contribution in [3.63, 3.8) is 0 Å². The van der Waals surface area contributed by atoms with Gasteiger partial charge in [-0.25, -0.2) is 13.1 Å². The topological polar surface area (TPSA) is 110 Å². The molecule has 0 bridgehead atoms. The van der Waals surface area contributed by atoms with E-state index in [-0.39, 0.29) is 16.2 Å². The highest BCUT2D eigenvalue weighted by molar-refractivity contribution is 7.90. The molecule has 0 saturated carbocycles. The summed E-state index contributed by atoms with van der Waals surface area (Å²) in [4.78, 5) is 24.4. The number of fused-ring (bicyclic) bond motifs is 1. The summed E-state index contributed by atoms with van der Waals surface area (Å²) >= 11 is 6.26. The second-order valence-electron chi connectivity index (χ2n) is 16.4. The predicted octanol–water partition coefficient (Wildman–Crippen LogP) is 9.48. The van der Waals surface area contributed by atoms with E-state index >= 15 is 0 Å². The Morgan fingerprint density at radius 3 is 2.37 bits per heavy atom. The molecule has 1 amide bonds. The van der Waals surface area contributed by atoms with Crippen molar-refractivity contribution < 1.29 is 17.9 Å². The summed E-state index contributed by atoms with van der Waals surface area (Å²) in [5, 5.41) is 5.20. The van der Waals surface area contributed by atoms with Gasteiger partial charge in [0.1, 0.15) is 11.5 Å². The Morgan fingerprint density at radius 2 is 1.61 bits per heavy atom. The number of carbonyl (C=O) groups excluding carboxylic acids is 1. The molecule has 3 heterocycles. The zero-order chi connectivity index (χ0) is 40.9. The summed E-state index contributed by atoms with van der Waals surface area (Å²) in [7, 11) is -2.07. The van der Waals surface area contributed by atoms with Crippen LogP contribution in [0.3, 0.4) is 0 Å². The van der Waals surface area contributed by atoms with Gasteiger partial charge in [0.2, 0.25) is 0 Å². The standard InChI is InChI=1S/C47H55ClN6O4S/c1-33-30-39(17-19-43(33)50-37-21-24-52(2)25-22-37)59(56,57)51-47(55)42-18-16-38(31-46(42)58-45-11-7-10-44-41(45)20-23-49-44)54-28-26-53(27-29-54)32-35-8-5-3-4-6-9-40(35)34-12-14-36(48)15-13-34/h7,10-20,23,30-31,37,49-50H,3-6,8-9,21-22,24-29,32H2,1-2H3,(H,51,55)/b40-35-. The van der Waals surface area contributed by atoms with Crippen molar-refractivity contribution in [2.75, 3.05) is 63.1 Å². The number of sulfonamides is 1. The third kappa shape index (κ3) is 9.81. The Morgan fingerprint density at radius 1 is 0.847 bits per heavy atom. The van der Waals surface area contributed by atoms with Gasteiger partial charge >= 0.3 is 0 Å². The number of amides is 1. The molecule has 3 aliphatic rings. The lowest BCUT2D eigenvalue weighted by Crippen LogP contribution is -2.47. The zero-order valence-electron chi connectivity index (χ0n) is 34.1. The SMILES string of the molecule is Cc1cc(S(=O)(=O)NC(=O)c2ccc(N3CCN(C/C4=C(\c5ccc(Cl)cc5)CCCCCC4)CC3)cc2Oc2cccc3[nH]ccc23)ccc1NC1CCN(C)CC1. The molecule has 0 spiro atoms. The fraction of sp³-hybridized carbons (Fsp3) is 0.383. The third-order valence-electron chi connectivity index (χ3n) is 12.2. The summed E-state index contributed by atoms with van der Waals surface area (Å²) in [6.45, 7) is 8.26. The number of aromatic nitrogens is 1. The highest BCUT2D eigenvalue weighted by atomic mass is 35.5. The summed E-state index contributed by atoms with van der Waals surface area (Å²) in [6.07, 6.45) is 11.1. The first-order valence-electron chi connectivity index (χ1n) is 21.0. The number of piperazine rings is 1. The Kier molecular flexibility index (Phi) is 12.6. The largest absolute Gasteiger partial charge is 0.456 e. The van der Waals surface area contributed by atoms with Crippen molar-refractivity contribution in [3.8, 4) is 11.5 Å². The second kappa shape index (κ2) is 18.2. The minimum absolute atomic E-state index is 0.0294. The number of aromatic amines is 1. The Labute approximate surface area is 353 Å². The number of anilines is 2. The van der Waals surface area contributed by atoms with E-state index in [9.17, 15) is 13.2 Å². The van der Waals surface area contributed by atoms with Crippen molar-refractivity contribution in [1.29, 1.82) is 0 Å². The lowest BCUT2D eigenvalue weighted by atomic mass is 9.88. The number of likely N-dealkylation sites (tertiary alicyclic amines) is 1. The van der Waals surface area contributed by atoms with Gasteiger partial charge in [-0.2, -0.15) is 0 Å². The molecule has 0 atom stereocenters. The Hall–Kier alpha value is -4.81. The fourth-order valence-electron chi connectivity index (χ4n) is 8.75. The first-order valence-corrected chi connectivity index (χ1v) is 22.9. The fourth-order valence-corrected chi connectivity index (χ4v) is 9.92. The molecule has 3 N–H and O–H groups in total. The number of piperidine rings is 1. The van der Waals surface area contributed by atoms with E-state index in [1.165, 1.54) is 42.4 Å². The molecule has 1 aliphatic carbocycles. The minimum atomic E-state index is -4.20. The maximum absolute atomic E-state index is 14.0. The molecule has 0 unspecified atom stereocenters. The number of allylic oxidation sites excluding steroid dienone is 1. The molecule has 10 nitrogen and oxygen atoms in total. The first-order chi connectivity index (χ1) is 28.6. The van der Waals surface area contributed by atoms with Crippen LogP contribution in [0.4, 0.5) is 11.4 Å². The molecule has 2 aliphatic heterocycles. The van der Waals surface area contributed by atoms with Crippen LogP contribution < -0.4 is 19.7 Å². The number of hydrogen-bond donors (Lipinski definition) is 3. The quantitative estimate of drug-likeness (QED) is 0.121. The number of hydrogen-bond acceptors (Lipinski definition) is 8. The van der Waals surface area contributed by atoms with Crippen LogP contribution in [0.5, 0.6) is 11.5 Å². The number of nitrogens with zero attached hydrogens (tertiary/aromatic N) is 3. The van der Waals surface area contributed by atoms with Gasteiger partial charge in [-0.3, -0.25) is 9.69 Å². The molecule has 1 aromatic heterocycles. The molecule has 2 saturated heterocycles. The maximum Gasteiger partial charge on any atom is 0.268 e. The van der Waals surface area contributed by atoms with Gasteiger partial charge in [-0.15, -0.1) is 0 Å². The highest BCUT2D eigenvalue weighted by Crippen LogP contribution is 2.36. The molecular weight excluding hydrogens is 780 g/mol. The summed E-state index contributed by atoms with van der Waals surface area (Å²) in [6, 6.07) is 26.7. The second-order valence-corrected chi connectivity index (χ2v) is 18.5. The van der Waals surface area contributed by atoms with Crippen LogP contribution in [-0.4, -0.2) is 88.0 Å². The van der Waals surface area contributed by atoms with Crippen molar-refractivity contribution >= 4 is 55.4 Å². The number of halogens is 1. The van der Waals surface area contributed by atoms with Crippen molar-refractivity contribution in [2.45, 2.75) is 69.2 Å². The molecule has 12 heteroatoms. The molecular formula is C47H55ClN6O4S. The number of ether oxygens (including phenoxy) is 1. The van der Waals surface area contributed by atoms with Gasteiger partial charge in [0, 0.05) is 78.3 Å². The average Bonchev–Trinajstić information content (AvgIpc) is 3.71. The average molecular weight is 836 g/mol. The van der Waals surface area contributed by atoms with Gasteiger partial charge < -0.3 is 24.8 Å². The molecule has 5 aromatic rings. The molecule has 59 heavy (non-hydrogen) atoms. The Balaban J connectivity index is 1.000. The smallest absolute Gasteiger partial charge is 0.268 e. The predicted molar refractivity (Wildman–Crippen MR) is 240 cm³/mol. The Bertz CT molecular complexity index is 2410. The molecule has 0 radical (unpaired) electrons. The summed E-state index contributed by atoms with van der Waals surface area (Å²) in [5.74, 6) is 0.0927. The van der Waals surface area contributed by atoms with E-state index in [1.807, 2.05) is 61.7 Å². The van der Waals surface area contributed by atoms with E-state index in [0.29, 0.717) is 11.8 Å². The number of aryl methyl sites for hydroxylation is 1. The third-order valence-corrected chi connectivity index (χ3v) is 13.8. The van der Waals surface area contributed by atoms with Crippen LogP contribution >= 0.6 is 11.6 Å². The first kappa shape index (κ1) is 40.9. The lowest BCUT2D eigenvalue weighted by molar-refractivity contribution is 0.0979. The number of benzene rings is 4. The number of nitrogens with one attached hydrogen (secondary N) is 3. The summed E-state index contributed by atoms with van der Waals surface area (Å²) < 4.78 is 36.3. The van der Waals surface area contributed by atoms with Gasteiger partial charge in [-0.05, 0) is 143 Å². The van der Waals surface area contributed by atoms with Gasteiger partial charge in [0.15, 0.2) is 0 Å². The van der Waals surface area contributed by atoms with Crippen molar-refractivity contribution in [2.24, 2.45) is 0 Å². The normalized spacial score (nSPS) is 19.0. The van der Waals surface area contributed by atoms with Crippen molar-refractivity contribution in [1.82, 2.24) is 19.5 Å².